The highest BCUT2D eigenvalue weighted by atomic mass is 35.5. The van der Waals surface area contributed by atoms with Crippen molar-refractivity contribution in [1.29, 1.82) is 0 Å². The van der Waals surface area contributed by atoms with Gasteiger partial charge in [-0.3, -0.25) is 4.90 Å². The molecule has 0 unspecified atom stereocenters. The summed E-state index contributed by atoms with van der Waals surface area (Å²) in [5, 5.41) is 0.394. The van der Waals surface area contributed by atoms with Crippen molar-refractivity contribution in [2.75, 3.05) is 33.3 Å². The van der Waals surface area contributed by atoms with Crippen LogP contribution in [0.2, 0.25) is 5.02 Å². The highest BCUT2D eigenvalue weighted by Gasteiger charge is 2.35. The predicted octanol–water partition coefficient (Wildman–Crippen LogP) is 1.82. The molecule has 0 bridgehead atoms. The lowest BCUT2D eigenvalue weighted by molar-refractivity contribution is 0.180. The van der Waals surface area contributed by atoms with Crippen LogP contribution in [-0.4, -0.2) is 57.0 Å². The molecule has 1 heterocycles. The van der Waals surface area contributed by atoms with Crippen molar-refractivity contribution in [3.05, 3.63) is 23.2 Å². The molecular formula is C14H19ClN2O3S. The number of hydrogen-bond donors (Lipinski definition) is 0. The summed E-state index contributed by atoms with van der Waals surface area (Å²) >= 11 is 5.95. The number of hydrogen-bond acceptors (Lipinski definition) is 4. The van der Waals surface area contributed by atoms with Crippen molar-refractivity contribution in [2.24, 2.45) is 0 Å². The zero-order chi connectivity index (χ0) is 15.0. The van der Waals surface area contributed by atoms with Crippen molar-refractivity contribution in [3.8, 4) is 5.75 Å². The Bertz CT molecular complexity index is 623. The van der Waals surface area contributed by atoms with Crippen LogP contribution in [0.25, 0.3) is 0 Å². The Hall–Kier alpha value is -0.820. The molecule has 7 heteroatoms. The van der Waals surface area contributed by atoms with Gasteiger partial charge in [0, 0.05) is 37.2 Å². The summed E-state index contributed by atoms with van der Waals surface area (Å²) in [5.41, 5.74) is 0. The van der Waals surface area contributed by atoms with Crippen molar-refractivity contribution in [2.45, 2.75) is 23.8 Å². The van der Waals surface area contributed by atoms with Gasteiger partial charge in [-0.2, -0.15) is 4.31 Å². The first kappa shape index (κ1) is 15.1. The van der Waals surface area contributed by atoms with Gasteiger partial charge in [0.2, 0.25) is 10.0 Å². The predicted molar refractivity (Wildman–Crippen MR) is 81.4 cm³/mol. The molecule has 1 saturated carbocycles. The molecule has 0 spiro atoms. The molecule has 3 rings (SSSR count). The van der Waals surface area contributed by atoms with Crippen LogP contribution in [0.5, 0.6) is 5.75 Å². The standard InChI is InChI=1S/C14H19ClN2O3S/c1-20-13-5-2-11(15)10-14(13)21(18,19)17-8-6-16(7-9-17)12-3-4-12/h2,5,10,12H,3-4,6-9H2,1H3. The first-order chi connectivity index (χ1) is 10.0. The summed E-state index contributed by atoms with van der Waals surface area (Å²) in [7, 11) is -2.09. The van der Waals surface area contributed by atoms with E-state index >= 15 is 0 Å². The first-order valence-electron chi connectivity index (χ1n) is 7.10. The van der Waals surface area contributed by atoms with Gasteiger partial charge in [-0.25, -0.2) is 8.42 Å². The van der Waals surface area contributed by atoms with E-state index in [2.05, 4.69) is 4.90 Å². The van der Waals surface area contributed by atoms with E-state index in [-0.39, 0.29) is 4.90 Å². The van der Waals surface area contributed by atoms with Crippen LogP contribution in [0.4, 0.5) is 0 Å². The van der Waals surface area contributed by atoms with E-state index in [0.717, 1.165) is 13.1 Å². The number of ether oxygens (including phenoxy) is 1. The second kappa shape index (κ2) is 5.76. The maximum Gasteiger partial charge on any atom is 0.246 e. The molecule has 1 saturated heterocycles. The average molecular weight is 331 g/mol. The van der Waals surface area contributed by atoms with E-state index < -0.39 is 10.0 Å². The number of halogens is 1. The monoisotopic (exact) mass is 330 g/mol. The van der Waals surface area contributed by atoms with Crippen LogP contribution in [0, 0.1) is 0 Å². The van der Waals surface area contributed by atoms with Crippen molar-refractivity contribution < 1.29 is 13.2 Å². The Morgan fingerprint density at radius 3 is 2.43 bits per heavy atom. The Morgan fingerprint density at radius 1 is 1.19 bits per heavy atom. The maximum absolute atomic E-state index is 12.8. The lowest BCUT2D eigenvalue weighted by Gasteiger charge is -2.34. The number of piperazine rings is 1. The number of nitrogens with zero attached hydrogens (tertiary/aromatic N) is 2. The molecule has 116 valence electrons. The third-order valence-electron chi connectivity index (χ3n) is 4.08. The van der Waals surface area contributed by atoms with E-state index in [1.165, 1.54) is 30.3 Å². The molecule has 0 N–H and O–H groups in total. The van der Waals surface area contributed by atoms with Crippen LogP contribution in [0.1, 0.15) is 12.8 Å². The summed E-state index contributed by atoms with van der Waals surface area (Å²) in [6.07, 6.45) is 2.49. The van der Waals surface area contributed by atoms with Gasteiger partial charge in [0.1, 0.15) is 10.6 Å². The molecule has 1 aromatic carbocycles. The lowest BCUT2D eigenvalue weighted by atomic mass is 10.3. The van der Waals surface area contributed by atoms with Crippen LogP contribution >= 0.6 is 11.6 Å². The number of rotatable bonds is 4. The third kappa shape index (κ3) is 3.04. The molecule has 2 fully saturated rings. The second-order valence-corrected chi connectivity index (χ2v) is 7.81. The normalized spacial score (nSPS) is 21.4. The van der Waals surface area contributed by atoms with Crippen LogP contribution in [0.3, 0.4) is 0 Å². The van der Waals surface area contributed by atoms with E-state index in [4.69, 9.17) is 16.3 Å². The van der Waals surface area contributed by atoms with Gasteiger partial charge in [0.15, 0.2) is 0 Å². The highest BCUT2D eigenvalue weighted by molar-refractivity contribution is 7.89. The molecule has 0 radical (unpaired) electrons. The zero-order valence-electron chi connectivity index (χ0n) is 12.0. The molecule has 0 atom stereocenters. The second-order valence-electron chi connectivity index (χ2n) is 5.47. The maximum atomic E-state index is 12.8. The molecule has 1 aromatic rings. The molecule has 2 aliphatic rings. The van der Waals surface area contributed by atoms with E-state index in [1.807, 2.05) is 0 Å². The number of benzene rings is 1. The van der Waals surface area contributed by atoms with E-state index in [1.54, 1.807) is 12.1 Å². The summed E-state index contributed by atoms with van der Waals surface area (Å²) in [4.78, 5) is 2.53. The first-order valence-corrected chi connectivity index (χ1v) is 8.92. The molecule has 21 heavy (non-hydrogen) atoms. The molecule has 0 amide bonds. The van der Waals surface area contributed by atoms with E-state index in [9.17, 15) is 8.42 Å². The zero-order valence-corrected chi connectivity index (χ0v) is 13.5. The Balaban J connectivity index is 1.82. The Labute approximate surface area is 130 Å². The summed E-state index contributed by atoms with van der Waals surface area (Å²) in [5.74, 6) is 0.337. The van der Waals surface area contributed by atoms with Crippen LogP contribution in [-0.2, 0) is 10.0 Å². The van der Waals surface area contributed by atoms with Gasteiger partial charge < -0.3 is 4.74 Å². The Morgan fingerprint density at radius 2 is 1.86 bits per heavy atom. The van der Waals surface area contributed by atoms with Gasteiger partial charge in [-0.05, 0) is 31.0 Å². The van der Waals surface area contributed by atoms with Crippen LogP contribution in [0.15, 0.2) is 23.1 Å². The fourth-order valence-corrected chi connectivity index (χ4v) is 4.58. The summed E-state index contributed by atoms with van der Waals surface area (Å²) < 4.78 is 32.3. The van der Waals surface area contributed by atoms with Gasteiger partial charge >= 0.3 is 0 Å². The molecule has 1 aliphatic heterocycles. The molecule has 0 aromatic heterocycles. The quantitative estimate of drug-likeness (QED) is 0.845. The third-order valence-corrected chi connectivity index (χ3v) is 6.23. The number of sulfonamides is 1. The number of methoxy groups -OCH3 is 1. The van der Waals surface area contributed by atoms with Gasteiger partial charge in [0.05, 0.1) is 7.11 Å². The minimum Gasteiger partial charge on any atom is -0.495 e. The van der Waals surface area contributed by atoms with Crippen LogP contribution < -0.4 is 4.74 Å². The lowest BCUT2D eigenvalue weighted by Crippen LogP contribution is -2.49. The largest absolute Gasteiger partial charge is 0.495 e. The Kier molecular flexibility index (Phi) is 4.14. The summed E-state index contributed by atoms with van der Waals surface area (Å²) in [6, 6.07) is 5.36. The van der Waals surface area contributed by atoms with Crippen molar-refractivity contribution in [1.82, 2.24) is 9.21 Å². The average Bonchev–Trinajstić information content (AvgIpc) is 3.32. The van der Waals surface area contributed by atoms with Gasteiger partial charge in [-0.15, -0.1) is 0 Å². The van der Waals surface area contributed by atoms with Crippen molar-refractivity contribution in [3.63, 3.8) is 0 Å². The molecule has 1 aliphatic carbocycles. The fraction of sp³-hybridized carbons (Fsp3) is 0.571. The van der Waals surface area contributed by atoms with Crippen molar-refractivity contribution >= 4 is 21.6 Å². The van der Waals surface area contributed by atoms with E-state index in [0.29, 0.717) is 29.9 Å². The SMILES string of the molecule is COc1ccc(Cl)cc1S(=O)(=O)N1CCN(C2CC2)CC1. The highest BCUT2D eigenvalue weighted by Crippen LogP contribution is 2.32. The minimum absolute atomic E-state index is 0.150. The van der Waals surface area contributed by atoms with Gasteiger partial charge in [-0.1, -0.05) is 11.6 Å². The summed E-state index contributed by atoms with van der Waals surface area (Å²) in [6.45, 7) is 2.64. The smallest absolute Gasteiger partial charge is 0.246 e. The minimum atomic E-state index is -3.56. The molecule has 5 nitrogen and oxygen atoms in total. The van der Waals surface area contributed by atoms with Gasteiger partial charge in [0.25, 0.3) is 0 Å². The molecular weight excluding hydrogens is 312 g/mol. The topological polar surface area (TPSA) is 49.9 Å². The fourth-order valence-electron chi connectivity index (χ4n) is 2.74.